The molecule has 22 heavy (non-hydrogen) atoms. The lowest BCUT2D eigenvalue weighted by atomic mass is 9.66. The molecule has 0 bridgehead atoms. The summed E-state index contributed by atoms with van der Waals surface area (Å²) < 4.78 is 0. The van der Waals surface area contributed by atoms with Crippen molar-refractivity contribution in [1.82, 2.24) is 5.32 Å². The second-order valence-electron chi connectivity index (χ2n) is 6.99. The van der Waals surface area contributed by atoms with Crippen LogP contribution >= 0.6 is 0 Å². The van der Waals surface area contributed by atoms with E-state index in [1.807, 2.05) is 0 Å². The number of fused-ring (bicyclic) bond motifs is 1. The molecule has 0 spiro atoms. The maximum atomic E-state index is 3.72. The zero-order valence-electron chi connectivity index (χ0n) is 13.8. The number of rotatable bonds is 5. The quantitative estimate of drug-likeness (QED) is 0.856. The fraction of sp³-hybridized carbons (Fsp3) is 0.429. The summed E-state index contributed by atoms with van der Waals surface area (Å²) in [6.07, 6.45) is 4.93. The van der Waals surface area contributed by atoms with Gasteiger partial charge in [0.15, 0.2) is 0 Å². The molecule has 0 fully saturated rings. The lowest BCUT2D eigenvalue weighted by Crippen LogP contribution is -2.44. The maximum absolute atomic E-state index is 3.72. The summed E-state index contributed by atoms with van der Waals surface area (Å²) in [5, 5.41) is 3.72. The van der Waals surface area contributed by atoms with Crippen LogP contribution in [0.2, 0.25) is 0 Å². The monoisotopic (exact) mass is 293 g/mol. The molecule has 2 aromatic rings. The zero-order chi connectivity index (χ0) is 15.4. The van der Waals surface area contributed by atoms with E-state index in [1.54, 1.807) is 11.1 Å². The van der Waals surface area contributed by atoms with E-state index >= 15 is 0 Å². The smallest absolute Gasteiger partial charge is 0.0121 e. The molecule has 0 aliphatic heterocycles. The number of nitrogens with one attached hydrogen (secondary N) is 1. The topological polar surface area (TPSA) is 12.0 Å². The molecule has 0 amide bonds. The maximum Gasteiger partial charge on any atom is 0.0121 e. The van der Waals surface area contributed by atoms with E-state index in [0.717, 1.165) is 13.0 Å². The molecule has 3 rings (SSSR count). The first kappa shape index (κ1) is 15.3. The Kier molecular flexibility index (Phi) is 4.63. The highest BCUT2D eigenvalue weighted by molar-refractivity contribution is 5.39. The summed E-state index contributed by atoms with van der Waals surface area (Å²) in [4.78, 5) is 0. The van der Waals surface area contributed by atoms with E-state index in [0.29, 0.717) is 6.04 Å². The molecule has 116 valence electrons. The number of hydrogen-bond donors (Lipinski definition) is 1. The van der Waals surface area contributed by atoms with Crippen molar-refractivity contribution in [3.63, 3.8) is 0 Å². The minimum absolute atomic E-state index is 0.237. The minimum atomic E-state index is 0.237. The van der Waals surface area contributed by atoms with Crippen molar-refractivity contribution in [3.05, 3.63) is 71.3 Å². The van der Waals surface area contributed by atoms with Crippen LogP contribution in [0.1, 0.15) is 43.4 Å². The lowest BCUT2D eigenvalue weighted by Gasteiger charge is -2.40. The molecular weight excluding hydrogens is 266 g/mol. The van der Waals surface area contributed by atoms with Gasteiger partial charge < -0.3 is 5.32 Å². The average molecular weight is 293 g/mol. The molecule has 1 N–H and O–H groups in total. The summed E-state index contributed by atoms with van der Waals surface area (Å²) in [7, 11) is 0. The van der Waals surface area contributed by atoms with Crippen molar-refractivity contribution in [2.75, 3.05) is 6.54 Å². The van der Waals surface area contributed by atoms with Gasteiger partial charge in [0.25, 0.3) is 0 Å². The lowest BCUT2D eigenvalue weighted by molar-refractivity contribution is 0.325. The van der Waals surface area contributed by atoms with Gasteiger partial charge in [-0.15, -0.1) is 0 Å². The molecule has 0 saturated heterocycles. The fourth-order valence-electron chi connectivity index (χ4n) is 3.82. The summed E-state index contributed by atoms with van der Waals surface area (Å²) in [6, 6.07) is 20.6. The Morgan fingerprint density at radius 3 is 2.50 bits per heavy atom. The van der Waals surface area contributed by atoms with E-state index in [9.17, 15) is 0 Å². The van der Waals surface area contributed by atoms with Crippen LogP contribution in [0.5, 0.6) is 0 Å². The third-order valence-corrected chi connectivity index (χ3v) is 4.92. The highest BCUT2D eigenvalue weighted by atomic mass is 14.9. The van der Waals surface area contributed by atoms with E-state index in [4.69, 9.17) is 0 Å². The minimum Gasteiger partial charge on any atom is -0.314 e. The standard InChI is InChI=1S/C21H27N/c1-17(2)22-16-21(15-18-9-4-3-5-10-18)14-8-12-19-11-6-7-13-20(19)21/h3-7,9-11,13,17,22H,8,12,14-16H2,1-2H3. The van der Waals surface area contributed by atoms with Crippen LogP contribution in [0.3, 0.4) is 0 Å². The summed E-state index contributed by atoms with van der Waals surface area (Å²) >= 11 is 0. The molecule has 0 heterocycles. The van der Waals surface area contributed by atoms with Gasteiger partial charge >= 0.3 is 0 Å². The summed E-state index contributed by atoms with van der Waals surface area (Å²) in [5.74, 6) is 0. The molecule has 0 radical (unpaired) electrons. The molecule has 1 atom stereocenters. The Balaban J connectivity index is 1.97. The van der Waals surface area contributed by atoms with Crippen LogP contribution in [0.15, 0.2) is 54.6 Å². The third-order valence-electron chi connectivity index (χ3n) is 4.92. The van der Waals surface area contributed by atoms with Gasteiger partial charge in [-0.3, -0.25) is 0 Å². The van der Waals surface area contributed by atoms with Gasteiger partial charge in [-0.1, -0.05) is 68.4 Å². The van der Waals surface area contributed by atoms with Crippen molar-refractivity contribution < 1.29 is 0 Å². The Morgan fingerprint density at radius 2 is 1.73 bits per heavy atom. The van der Waals surface area contributed by atoms with E-state index in [1.165, 1.54) is 24.8 Å². The van der Waals surface area contributed by atoms with Gasteiger partial charge in [0.2, 0.25) is 0 Å². The summed E-state index contributed by atoms with van der Waals surface area (Å²) in [5.41, 5.74) is 4.80. The normalized spacial score (nSPS) is 20.9. The Labute approximate surface area is 134 Å². The van der Waals surface area contributed by atoms with E-state index in [-0.39, 0.29) is 5.41 Å². The van der Waals surface area contributed by atoms with E-state index < -0.39 is 0 Å². The molecule has 1 unspecified atom stereocenters. The predicted molar refractivity (Wildman–Crippen MR) is 94.3 cm³/mol. The van der Waals surface area contributed by atoms with Crippen molar-refractivity contribution in [2.24, 2.45) is 0 Å². The van der Waals surface area contributed by atoms with Gasteiger partial charge in [0.05, 0.1) is 0 Å². The van der Waals surface area contributed by atoms with Crippen LogP contribution in [0, 0.1) is 0 Å². The first-order valence-corrected chi connectivity index (χ1v) is 8.55. The van der Waals surface area contributed by atoms with Crippen LogP contribution < -0.4 is 5.32 Å². The zero-order valence-corrected chi connectivity index (χ0v) is 13.8. The Hall–Kier alpha value is -1.60. The van der Waals surface area contributed by atoms with Crippen molar-refractivity contribution in [2.45, 2.75) is 51.0 Å². The van der Waals surface area contributed by atoms with Crippen molar-refractivity contribution >= 4 is 0 Å². The van der Waals surface area contributed by atoms with Gasteiger partial charge in [-0.25, -0.2) is 0 Å². The number of hydrogen-bond acceptors (Lipinski definition) is 1. The molecular formula is C21H27N. The molecule has 1 nitrogen and oxygen atoms in total. The molecule has 0 saturated carbocycles. The SMILES string of the molecule is CC(C)NCC1(Cc2ccccc2)CCCc2ccccc21. The van der Waals surface area contributed by atoms with Crippen molar-refractivity contribution in [3.8, 4) is 0 Å². The first-order valence-electron chi connectivity index (χ1n) is 8.55. The summed E-state index contributed by atoms with van der Waals surface area (Å²) in [6.45, 7) is 5.55. The third kappa shape index (κ3) is 3.25. The molecule has 0 aromatic heterocycles. The predicted octanol–water partition coefficient (Wildman–Crippen LogP) is 4.50. The van der Waals surface area contributed by atoms with Crippen LogP contribution in [-0.4, -0.2) is 12.6 Å². The van der Waals surface area contributed by atoms with Crippen molar-refractivity contribution in [1.29, 1.82) is 0 Å². The van der Waals surface area contributed by atoms with Gasteiger partial charge in [0, 0.05) is 18.0 Å². The molecule has 1 aliphatic rings. The first-order chi connectivity index (χ1) is 10.7. The second kappa shape index (κ2) is 6.66. The van der Waals surface area contributed by atoms with Crippen LogP contribution in [0.25, 0.3) is 0 Å². The van der Waals surface area contributed by atoms with E-state index in [2.05, 4.69) is 73.8 Å². The largest absolute Gasteiger partial charge is 0.314 e. The van der Waals surface area contributed by atoms with Gasteiger partial charge in [-0.05, 0) is 42.4 Å². The molecule has 1 aliphatic carbocycles. The van der Waals surface area contributed by atoms with Gasteiger partial charge in [0.1, 0.15) is 0 Å². The van der Waals surface area contributed by atoms with Crippen LogP contribution in [0.4, 0.5) is 0 Å². The number of benzene rings is 2. The molecule has 2 aromatic carbocycles. The highest BCUT2D eigenvalue weighted by Crippen LogP contribution is 2.39. The van der Waals surface area contributed by atoms with Gasteiger partial charge in [-0.2, -0.15) is 0 Å². The average Bonchev–Trinajstić information content (AvgIpc) is 2.54. The fourth-order valence-corrected chi connectivity index (χ4v) is 3.82. The molecule has 1 heteroatoms. The Bertz CT molecular complexity index is 602. The van der Waals surface area contributed by atoms with Crippen LogP contribution in [-0.2, 0) is 18.3 Å². The Morgan fingerprint density at radius 1 is 1.00 bits per heavy atom. The highest BCUT2D eigenvalue weighted by Gasteiger charge is 2.36. The number of aryl methyl sites for hydroxylation is 1. The second-order valence-corrected chi connectivity index (χ2v) is 6.99.